The molecule has 0 spiro atoms. The highest BCUT2D eigenvalue weighted by Gasteiger charge is 2.43. The Bertz CT molecular complexity index is 594. The molecule has 9 heteroatoms. The molecule has 1 heterocycles. The molecule has 2 rings (SSSR count). The minimum atomic E-state index is -1.48. The second-order valence-electron chi connectivity index (χ2n) is 6.62. The lowest BCUT2D eigenvalue weighted by Crippen LogP contribution is -2.59. The maximum atomic E-state index is 11.9. The molecule has 5 N–H and O–H groups in total. The smallest absolute Gasteiger partial charge is 0.220 e. The van der Waals surface area contributed by atoms with Crippen molar-refractivity contribution < 1.29 is 39.4 Å². The summed E-state index contributed by atoms with van der Waals surface area (Å²) in [5.74, 6) is 0.673. The third-order valence-corrected chi connectivity index (χ3v) is 4.58. The largest absolute Gasteiger partial charge is 0.497 e. The molecule has 1 aliphatic heterocycles. The molecule has 9 nitrogen and oxygen atoms in total. The molecule has 1 fully saturated rings. The summed E-state index contributed by atoms with van der Waals surface area (Å²) in [5.41, 5.74) is 1.12. The van der Waals surface area contributed by atoms with E-state index in [0.29, 0.717) is 12.8 Å². The molecule has 1 saturated heterocycles. The Balaban J connectivity index is 1.61. The van der Waals surface area contributed by atoms with Crippen molar-refractivity contribution in [3.63, 3.8) is 0 Å². The van der Waals surface area contributed by atoms with Gasteiger partial charge in [0.15, 0.2) is 6.29 Å². The van der Waals surface area contributed by atoms with Gasteiger partial charge in [-0.25, -0.2) is 0 Å². The van der Waals surface area contributed by atoms with E-state index >= 15 is 0 Å². The van der Waals surface area contributed by atoms with Crippen molar-refractivity contribution in [1.82, 2.24) is 5.32 Å². The Morgan fingerprint density at radius 2 is 1.86 bits per heavy atom. The third-order valence-electron chi connectivity index (χ3n) is 4.58. The zero-order valence-electron chi connectivity index (χ0n) is 15.9. The number of ether oxygens (including phenoxy) is 3. The highest BCUT2D eigenvalue weighted by atomic mass is 16.7. The fourth-order valence-electron chi connectivity index (χ4n) is 2.90. The van der Waals surface area contributed by atoms with Gasteiger partial charge in [0.2, 0.25) is 5.91 Å². The third kappa shape index (κ3) is 6.40. The van der Waals surface area contributed by atoms with Crippen molar-refractivity contribution in [1.29, 1.82) is 0 Å². The molecule has 0 aliphatic carbocycles. The number of hydrogen-bond acceptors (Lipinski definition) is 8. The number of aliphatic hydroxyl groups is 4. The van der Waals surface area contributed by atoms with Gasteiger partial charge in [-0.2, -0.15) is 0 Å². The van der Waals surface area contributed by atoms with Crippen molar-refractivity contribution in [2.75, 3.05) is 26.9 Å². The van der Waals surface area contributed by atoms with E-state index in [2.05, 4.69) is 5.32 Å². The van der Waals surface area contributed by atoms with E-state index in [0.717, 1.165) is 17.7 Å². The van der Waals surface area contributed by atoms with Gasteiger partial charge < -0.3 is 40.0 Å². The Hall–Kier alpha value is -1.75. The molecular weight excluding hydrogens is 370 g/mol. The number of hydrogen-bond donors (Lipinski definition) is 5. The maximum Gasteiger partial charge on any atom is 0.220 e. The summed E-state index contributed by atoms with van der Waals surface area (Å²) >= 11 is 0. The lowest BCUT2D eigenvalue weighted by Gasteiger charge is -2.39. The second-order valence-corrected chi connectivity index (χ2v) is 6.62. The molecule has 5 atom stereocenters. The summed E-state index contributed by atoms with van der Waals surface area (Å²) in [6, 6.07) is 7.69. The zero-order chi connectivity index (χ0) is 20.5. The zero-order valence-corrected chi connectivity index (χ0v) is 15.9. The molecule has 1 aromatic rings. The number of nitrogens with one attached hydrogen (secondary N) is 1. The van der Waals surface area contributed by atoms with Crippen LogP contribution in [-0.4, -0.2) is 83.9 Å². The maximum absolute atomic E-state index is 11.9. The van der Waals surface area contributed by atoms with Crippen molar-refractivity contribution in [3.8, 4) is 5.75 Å². The minimum absolute atomic E-state index is 0.0485. The molecule has 28 heavy (non-hydrogen) atoms. The van der Waals surface area contributed by atoms with Crippen LogP contribution in [0.2, 0.25) is 0 Å². The summed E-state index contributed by atoms with van der Waals surface area (Å²) in [6.45, 7) is -0.265. The average molecular weight is 399 g/mol. The van der Waals surface area contributed by atoms with Gasteiger partial charge in [-0.1, -0.05) is 12.1 Å². The Kier molecular flexibility index (Phi) is 9.10. The summed E-state index contributed by atoms with van der Waals surface area (Å²) in [4.78, 5) is 11.9. The van der Waals surface area contributed by atoms with Gasteiger partial charge in [0, 0.05) is 13.0 Å². The molecule has 1 aliphatic rings. The first kappa shape index (κ1) is 22.5. The van der Waals surface area contributed by atoms with Crippen LogP contribution in [-0.2, 0) is 20.7 Å². The fraction of sp³-hybridized carbons (Fsp3) is 0.632. The monoisotopic (exact) mass is 399 g/mol. The highest BCUT2D eigenvalue weighted by Crippen LogP contribution is 2.21. The topological polar surface area (TPSA) is 138 Å². The summed E-state index contributed by atoms with van der Waals surface area (Å²) in [6.07, 6.45) is -4.72. The fourth-order valence-corrected chi connectivity index (χ4v) is 2.90. The molecule has 0 radical (unpaired) electrons. The van der Waals surface area contributed by atoms with Gasteiger partial charge in [0.05, 0.1) is 20.3 Å². The summed E-state index contributed by atoms with van der Waals surface area (Å²) in [7, 11) is 1.61. The molecule has 158 valence electrons. The normalized spacial score (nSPS) is 27.4. The first-order chi connectivity index (χ1) is 13.5. The van der Waals surface area contributed by atoms with Gasteiger partial charge in [-0.3, -0.25) is 4.79 Å². The highest BCUT2D eigenvalue weighted by molar-refractivity contribution is 5.75. The van der Waals surface area contributed by atoms with Crippen molar-refractivity contribution in [3.05, 3.63) is 29.8 Å². The van der Waals surface area contributed by atoms with Crippen LogP contribution in [0.4, 0.5) is 0 Å². The second kappa shape index (κ2) is 11.3. The Labute approximate surface area is 163 Å². The van der Waals surface area contributed by atoms with Crippen LogP contribution < -0.4 is 10.1 Å². The molecule has 1 aromatic carbocycles. The van der Waals surface area contributed by atoms with E-state index in [4.69, 9.17) is 19.3 Å². The summed E-state index contributed by atoms with van der Waals surface area (Å²) < 4.78 is 15.6. The van der Waals surface area contributed by atoms with Crippen LogP contribution in [0.1, 0.15) is 18.4 Å². The number of aliphatic hydroxyl groups excluding tert-OH is 4. The van der Waals surface area contributed by atoms with E-state index in [1.807, 2.05) is 24.3 Å². The van der Waals surface area contributed by atoms with Crippen LogP contribution in [0.25, 0.3) is 0 Å². The van der Waals surface area contributed by atoms with Crippen molar-refractivity contribution >= 4 is 5.91 Å². The molecule has 0 aromatic heterocycles. The van der Waals surface area contributed by atoms with Gasteiger partial charge in [0.25, 0.3) is 0 Å². The standard InChI is InChI=1S/C19H29NO8/c1-26-13-7-5-12(6-8-13)3-2-4-15(22)20-9-10-27-19-18(25)17(24)16(23)14(11-21)28-19/h5-8,14,16-19,21,23-25H,2-4,9-11H2,1H3,(H,20,22)/t14-,16+,17+,18-,19-/m1/s1. The lowest BCUT2D eigenvalue weighted by atomic mass is 9.99. The minimum Gasteiger partial charge on any atom is -0.497 e. The number of methoxy groups -OCH3 is 1. The van der Waals surface area contributed by atoms with Crippen LogP contribution in [0.15, 0.2) is 24.3 Å². The van der Waals surface area contributed by atoms with Gasteiger partial charge >= 0.3 is 0 Å². The van der Waals surface area contributed by atoms with E-state index < -0.39 is 37.3 Å². The number of rotatable bonds is 10. The van der Waals surface area contributed by atoms with Crippen molar-refractivity contribution in [2.24, 2.45) is 0 Å². The van der Waals surface area contributed by atoms with Gasteiger partial charge in [0.1, 0.15) is 30.2 Å². The number of aryl methyl sites for hydroxylation is 1. The predicted octanol–water partition coefficient (Wildman–Crippen LogP) is -1.05. The number of amides is 1. The lowest BCUT2D eigenvalue weighted by molar-refractivity contribution is -0.300. The van der Waals surface area contributed by atoms with Crippen LogP contribution in [0, 0.1) is 0 Å². The van der Waals surface area contributed by atoms with E-state index in [1.54, 1.807) is 7.11 Å². The van der Waals surface area contributed by atoms with E-state index in [9.17, 15) is 20.1 Å². The average Bonchev–Trinajstić information content (AvgIpc) is 2.71. The van der Waals surface area contributed by atoms with Crippen molar-refractivity contribution in [2.45, 2.75) is 50.0 Å². The Morgan fingerprint density at radius 1 is 1.14 bits per heavy atom. The molecule has 0 bridgehead atoms. The molecular formula is C19H29NO8. The van der Waals surface area contributed by atoms with E-state index in [1.165, 1.54) is 0 Å². The Morgan fingerprint density at radius 3 is 2.50 bits per heavy atom. The van der Waals surface area contributed by atoms with E-state index in [-0.39, 0.29) is 19.1 Å². The molecule has 0 unspecified atom stereocenters. The van der Waals surface area contributed by atoms with Gasteiger partial charge in [-0.05, 0) is 30.5 Å². The van der Waals surface area contributed by atoms with Crippen LogP contribution in [0.5, 0.6) is 5.75 Å². The van der Waals surface area contributed by atoms with Crippen LogP contribution >= 0.6 is 0 Å². The number of carbonyl (C=O) groups excluding carboxylic acids is 1. The SMILES string of the molecule is COc1ccc(CCCC(=O)NCCO[C@@H]2O[C@H](CO)[C@H](O)[C@H](O)[C@H]2O)cc1. The number of benzene rings is 1. The van der Waals surface area contributed by atoms with Crippen LogP contribution in [0.3, 0.4) is 0 Å². The quantitative estimate of drug-likeness (QED) is 0.314. The predicted molar refractivity (Wildman–Crippen MR) is 98.7 cm³/mol. The molecule has 1 amide bonds. The summed E-state index contributed by atoms with van der Waals surface area (Å²) in [5, 5.41) is 41.1. The first-order valence-corrected chi connectivity index (χ1v) is 9.28. The number of carbonyl (C=O) groups is 1. The molecule has 0 saturated carbocycles. The first-order valence-electron chi connectivity index (χ1n) is 9.28. The van der Waals surface area contributed by atoms with Gasteiger partial charge in [-0.15, -0.1) is 0 Å².